The Hall–Kier alpha value is -2.69. The van der Waals surface area contributed by atoms with Gasteiger partial charge in [0.2, 0.25) is 5.91 Å². The zero-order valence-electron chi connectivity index (χ0n) is 13.9. The van der Waals surface area contributed by atoms with Crippen molar-refractivity contribution in [1.82, 2.24) is 0 Å². The number of anilines is 2. The van der Waals surface area contributed by atoms with E-state index in [1.165, 1.54) is 6.92 Å². The second-order valence-electron chi connectivity index (χ2n) is 5.26. The second-order valence-corrected chi connectivity index (χ2v) is 5.26. The molecule has 23 heavy (non-hydrogen) atoms. The average Bonchev–Trinajstić information content (AvgIpc) is 2.53. The predicted molar refractivity (Wildman–Crippen MR) is 92.4 cm³/mol. The highest BCUT2D eigenvalue weighted by Crippen LogP contribution is 2.29. The zero-order chi connectivity index (χ0) is 16.8. The van der Waals surface area contributed by atoms with Crippen LogP contribution in [0.2, 0.25) is 0 Å². The molecule has 0 heterocycles. The SMILES string of the molecule is COc1ccc(NC(C)=O)c(NCc2cc(C)ccc2OC)c1. The van der Waals surface area contributed by atoms with Gasteiger partial charge in [0, 0.05) is 25.1 Å². The first-order valence-corrected chi connectivity index (χ1v) is 7.36. The summed E-state index contributed by atoms with van der Waals surface area (Å²) in [6, 6.07) is 11.5. The second kappa shape index (κ2) is 7.54. The van der Waals surface area contributed by atoms with E-state index < -0.39 is 0 Å². The van der Waals surface area contributed by atoms with Gasteiger partial charge in [0.25, 0.3) is 0 Å². The molecule has 122 valence electrons. The van der Waals surface area contributed by atoms with Gasteiger partial charge in [-0.15, -0.1) is 0 Å². The molecule has 0 unspecified atom stereocenters. The summed E-state index contributed by atoms with van der Waals surface area (Å²) in [5.41, 5.74) is 3.72. The number of hydrogen-bond donors (Lipinski definition) is 2. The van der Waals surface area contributed by atoms with Gasteiger partial charge in [0.05, 0.1) is 25.6 Å². The van der Waals surface area contributed by atoms with Gasteiger partial charge in [0.15, 0.2) is 0 Å². The number of rotatable bonds is 6. The number of hydrogen-bond acceptors (Lipinski definition) is 4. The van der Waals surface area contributed by atoms with Crippen molar-refractivity contribution >= 4 is 17.3 Å². The maximum absolute atomic E-state index is 11.3. The van der Waals surface area contributed by atoms with Crippen molar-refractivity contribution in [3.8, 4) is 11.5 Å². The number of ether oxygens (including phenoxy) is 2. The van der Waals surface area contributed by atoms with Gasteiger partial charge in [0.1, 0.15) is 11.5 Å². The minimum atomic E-state index is -0.119. The number of aryl methyl sites for hydroxylation is 1. The summed E-state index contributed by atoms with van der Waals surface area (Å²) in [6.07, 6.45) is 0. The summed E-state index contributed by atoms with van der Waals surface area (Å²) in [5, 5.41) is 6.15. The monoisotopic (exact) mass is 314 g/mol. The van der Waals surface area contributed by atoms with Crippen LogP contribution in [0.1, 0.15) is 18.1 Å². The predicted octanol–water partition coefficient (Wildman–Crippen LogP) is 3.58. The van der Waals surface area contributed by atoms with Gasteiger partial charge in [-0.25, -0.2) is 0 Å². The fourth-order valence-corrected chi connectivity index (χ4v) is 2.33. The van der Waals surface area contributed by atoms with Gasteiger partial charge in [-0.3, -0.25) is 4.79 Å². The lowest BCUT2D eigenvalue weighted by Gasteiger charge is -2.15. The molecular weight excluding hydrogens is 292 g/mol. The summed E-state index contributed by atoms with van der Waals surface area (Å²) >= 11 is 0. The van der Waals surface area contributed by atoms with Crippen LogP contribution in [-0.4, -0.2) is 20.1 Å². The lowest BCUT2D eigenvalue weighted by molar-refractivity contribution is -0.114. The Kier molecular flexibility index (Phi) is 5.46. The topological polar surface area (TPSA) is 59.6 Å². The van der Waals surface area contributed by atoms with Crippen LogP contribution in [0.5, 0.6) is 11.5 Å². The molecule has 0 atom stereocenters. The smallest absolute Gasteiger partial charge is 0.221 e. The number of nitrogens with one attached hydrogen (secondary N) is 2. The van der Waals surface area contributed by atoms with E-state index in [0.29, 0.717) is 12.2 Å². The van der Waals surface area contributed by atoms with Crippen LogP contribution in [0.25, 0.3) is 0 Å². The molecule has 1 amide bonds. The van der Waals surface area contributed by atoms with Crippen molar-refractivity contribution in [2.24, 2.45) is 0 Å². The third-order valence-electron chi connectivity index (χ3n) is 3.44. The number of carbonyl (C=O) groups excluding carboxylic acids is 1. The van der Waals surface area contributed by atoms with Crippen LogP contribution in [0.4, 0.5) is 11.4 Å². The fraction of sp³-hybridized carbons (Fsp3) is 0.278. The highest BCUT2D eigenvalue weighted by atomic mass is 16.5. The Balaban J connectivity index is 2.25. The third-order valence-corrected chi connectivity index (χ3v) is 3.44. The minimum Gasteiger partial charge on any atom is -0.497 e. The van der Waals surface area contributed by atoms with E-state index in [-0.39, 0.29) is 5.91 Å². The standard InChI is InChI=1S/C18H22N2O3/c1-12-5-8-18(23-4)14(9-12)11-19-17-10-15(22-3)6-7-16(17)20-13(2)21/h5-10,19H,11H2,1-4H3,(H,20,21). The molecule has 0 aliphatic heterocycles. The van der Waals surface area contributed by atoms with Crippen LogP contribution in [-0.2, 0) is 11.3 Å². The Morgan fingerprint density at radius 1 is 1.04 bits per heavy atom. The van der Waals surface area contributed by atoms with E-state index in [1.807, 2.05) is 37.3 Å². The van der Waals surface area contributed by atoms with E-state index >= 15 is 0 Å². The van der Waals surface area contributed by atoms with Gasteiger partial charge in [-0.05, 0) is 25.1 Å². The summed E-state index contributed by atoms with van der Waals surface area (Å²) < 4.78 is 10.6. The van der Waals surface area contributed by atoms with Crippen molar-refractivity contribution in [2.45, 2.75) is 20.4 Å². The van der Waals surface area contributed by atoms with Gasteiger partial charge >= 0.3 is 0 Å². The van der Waals surface area contributed by atoms with Crippen LogP contribution in [0, 0.1) is 6.92 Å². The molecule has 0 saturated heterocycles. The number of benzene rings is 2. The highest BCUT2D eigenvalue weighted by molar-refractivity contribution is 5.92. The largest absolute Gasteiger partial charge is 0.497 e. The maximum Gasteiger partial charge on any atom is 0.221 e. The molecule has 0 radical (unpaired) electrons. The fourth-order valence-electron chi connectivity index (χ4n) is 2.33. The van der Waals surface area contributed by atoms with E-state index in [2.05, 4.69) is 16.7 Å². The van der Waals surface area contributed by atoms with Crippen molar-refractivity contribution in [1.29, 1.82) is 0 Å². The van der Waals surface area contributed by atoms with Crippen LogP contribution < -0.4 is 20.1 Å². The van der Waals surface area contributed by atoms with Crippen LogP contribution >= 0.6 is 0 Å². The molecule has 0 aliphatic carbocycles. The quantitative estimate of drug-likeness (QED) is 0.855. The van der Waals surface area contributed by atoms with E-state index in [4.69, 9.17) is 9.47 Å². The summed E-state index contributed by atoms with van der Waals surface area (Å²) in [5.74, 6) is 1.43. The first-order valence-electron chi connectivity index (χ1n) is 7.36. The van der Waals surface area contributed by atoms with E-state index in [1.54, 1.807) is 14.2 Å². The molecule has 2 rings (SSSR count). The lowest BCUT2D eigenvalue weighted by Crippen LogP contribution is -2.10. The minimum absolute atomic E-state index is 0.119. The average molecular weight is 314 g/mol. The Bertz CT molecular complexity index is 699. The molecule has 2 aromatic carbocycles. The van der Waals surface area contributed by atoms with Gasteiger partial charge in [-0.1, -0.05) is 17.7 Å². The maximum atomic E-state index is 11.3. The Morgan fingerprint density at radius 2 is 1.83 bits per heavy atom. The van der Waals surface area contributed by atoms with Crippen molar-refractivity contribution in [3.63, 3.8) is 0 Å². The van der Waals surface area contributed by atoms with E-state index in [0.717, 1.165) is 28.3 Å². The molecular formula is C18H22N2O3. The molecule has 5 heteroatoms. The molecule has 0 fully saturated rings. The summed E-state index contributed by atoms with van der Waals surface area (Å²) in [6.45, 7) is 4.10. The Morgan fingerprint density at radius 3 is 2.48 bits per heavy atom. The summed E-state index contributed by atoms with van der Waals surface area (Å²) in [4.78, 5) is 11.3. The zero-order valence-corrected chi connectivity index (χ0v) is 13.9. The molecule has 0 aromatic heterocycles. The molecule has 0 bridgehead atoms. The van der Waals surface area contributed by atoms with E-state index in [9.17, 15) is 4.79 Å². The normalized spacial score (nSPS) is 10.1. The number of amides is 1. The first kappa shape index (κ1) is 16.7. The molecule has 2 aromatic rings. The Labute approximate surface area is 136 Å². The number of carbonyl (C=O) groups is 1. The van der Waals surface area contributed by atoms with Crippen LogP contribution in [0.15, 0.2) is 36.4 Å². The molecule has 0 spiro atoms. The highest BCUT2D eigenvalue weighted by Gasteiger charge is 2.08. The van der Waals surface area contributed by atoms with Gasteiger partial charge < -0.3 is 20.1 Å². The van der Waals surface area contributed by atoms with Crippen molar-refractivity contribution in [2.75, 3.05) is 24.9 Å². The summed E-state index contributed by atoms with van der Waals surface area (Å²) in [7, 11) is 3.27. The first-order chi connectivity index (χ1) is 11.0. The van der Waals surface area contributed by atoms with Crippen molar-refractivity contribution < 1.29 is 14.3 Å². The van der Waals surface area contributed by atoms with Gasteiger partial charge in [-0.2, -0.15) is 0 Å². The van der Waals surface area contributed by atoms with Crippen LogP contribution in [0.3, 0.4) is 0 Å². The lowest BCUT2D eigenvalue weighted by atomic mass is 10.1. The molecule has 0 saturated carbocycles. The third kappa shape index (κ3) is 4.39. The number of methoxy groups -OCH3 is 2. The van der Waals surface area contributed by atoms with Crippen molar-refractivity contribution in [3.05, 3.63) is 47.5 Å². The molecule has 5 nitrogen and oxygen atoms in total. The molecule has 0 aliphatic rings. The molecule has 2 N–H and O–H groups in total.